The van der Waals surface area contributed by atoms with Crippen molar-refractivity contribution in [2.75, 3.05) is 13.1 Å². The van der Waals surface area contributed by atoms with Crippen LogP contribution in [0.5, 0.6) is 0 Å². The maximum atomic E-state index is 12.8. The second-order valence-electron chi connectivity index (χ2n) is 6.20. The first-order valence-corrected chi connectivity index (χ1v) is 8.92. The third-order valence-electron chi connectivity index (χ3n) is 4.59. The average Bonchev–Trinajstić information content (AvgIpc) is 3.16. The highest BCUT2D eigenvalue weighted by Gasteiger charge is 2.31. The number of ketones is 1. The summed E-state index contributed by atoms with van der Waals surface area (Å²) in [6, 6.07) is 4.80. The Morgan fingerprint density at radius 1 is 1.20 bits per heavy atom. The van der Waals surface area contributed by atoms with Crippen LogP contribution in [0.3, 0.4) is 0 Å². The van der Waals surface area contributed by atoms with Gasteiger partial charge in [0.2, 0.25) is 0 Å². The van der Waals surface area contributed by atoms with Gasteiger partial charge >= 0.3 is 5.69 Å². The molecule has 0 radical (unpaired) electrons. The normalized spacial score (nSPS) is 17.5. The lowest BCUT2D eigenvalue weighted by atomic mass is 9.93. The van der Waals surface area contributed by atoms with Crippen LogP contribution in [0.2, 0.25) is 0 Å². The Kier molecular flexibility index (Phi) is 4.71. The number of carbonyl (C=O) groups is 2. The predicted octanol–water partition coefficient (Wildman–Crippen LogP) is 0.881. The van der Waals surface area contributed by atoms with E-state index in [4.69, 9.17) is 0 Å². The molecule has 0 N–H and O–H groups in total. The van der Waals surface area contributed by atoms with Gasteiger partial charge in [-0.2, -0.15) is 0 Å². The summed E-state index contributed by atoms with van der Waals surface area (Å²) in [5.41, 5.74) is -1.01. The maximum absolute atomic E-state index is 12.8. The van der Waals surface area contributed by atoms with Crippen molar-refractivity contribution in [3.8, 4) is 0 Å². The molecule has 1 atom stereocenters. The molecule has 2 aromatic heterocycles. The van der Waals surface area contributed by atoms with E-state index in [0.717, 1.165) is 11.0 Å². The van der Waals surface area contributed by atoms with E-state index in [9.17, 15) is 19.2 Å². The van der Waals surface area contributed by atoms with E-state index in [1.54, 1.807) is 11.0 Å². The number of hydrogen-bond donors (Lipinski definition) is 0. The van der Waals surface area contributed by atoms with Gasteiger partial charge in [-0.1, -0.05) is 6.07 Å². The first-order chi connectivity index (χ1) is 11.9. The summed E-state index contributed by atoms with van der Waals surface area (Å²) < 4.78 is 2.13. The molecule has 0 aromatic carbocycles. The largest absolute Gasteiger partial charge is 0.337 e. The summed E-state index contributed by atoms with van der Waals surface area (Å²) in [6.07, 6.45) is 1.45. The van der Waals surface area contributed by atoms with Crippen LogP contribution in [-0.2, 0) is 14.1 Å². The molecule has 1 saturated heterocycles. The van der Waals surface area contributed by atoms with Crippen molar-refractivity contribution in [2.45, 2.75) is 12.8 Å². The van der Waals surface area contributed by atoms with Gasteiger partial charge in [0.05, 0.1) is 4.88 Å². The molecule has 132 valence electrons. The van der Waals surface area contributed by atoms with E-state index in [-0.39, 0.29) is 23.3 Å². The minimum absolute atomic E-state index is 0.0466. The maximum Gasteiger partial charge on any atom is 0.331 e. The van der Waals surface area contributed by atoms with Crippen molar-refractivity contribution >= 4 is 23.0 Å². The molecule has 1 amide bonds. The summed E-state index contributed by atoms with van der Waals surface area (Å²) in [4.78, 5) is 51.5. The number of rotatable bonds is 3. The number of thiophene rings is 1. The third kappa shape index (κ3) is 3.21. The molecule has 0 spiro atoms. The Morgan fingerprint density at radius 3 is 2.64 bits per heavy atom. The molecule has 1 aliphatic heterocycles. The number of hydrogen-bond acceptors (Lipinski definition) is 5. The lowest BCUT2D eigenvalue weighted by Crippen LogP contribution is -2.46. The van der Waals surface area contributed by atoms with E-state index >= 15 is 0 Å². The number of aromatic nitrogens is 2. The average molecular weight is 361 g/mol. The monoisotopic (exact) mass is 361 g/mol. The highest BCUT2D eigenvalue weighted by molar-refractivity contribution is 7.12. The van der Waals surface area contributed by atoms with Gasteiger partial charge in [0, 0.05) is 39.2 Å². The van der Waals surface area contributed by atoms with Crippen molar-refractivity contribution < 1.29 is 9.59 Å². The predicted molar refractivity (Wildman–Crippen MR) is 94.2 cm³/mol. The topological polar surface area (TPSA) is 81.4 Å². The van der Waals surface area contributed by atoms with Crippen LogP contribution >= 0.6 is 11.3 Å². The van der Waals surface area contributed by atoms with Gasteiger partial charge in [0.15, 0.2) is 5.78 Å². The lowest BCUT2D eigenvalue weighted by Gasteiger charge is -2.32. The van der Waals surface area contributed by atoms with E-state index in [1.807, 2.05) is 11.4 Å². The van der Waals surface area contributed by atoms with Crippen LogP contribution in [0.25, 0.3) is 0 Å². The fourth-order valence-corrected chi connectivity index (χ4v) is 3.84. The molecule has 8 heteroatoms. The Bertz CT molecular complexity index is 926. The molecule has 3 rings (SSSR count). The quantitative estimate of drug-likeness (QED) is 0.760. The second-order valence-corrected chi connectivity index (χ2v) is 7.15. The lowest BCUT2D eigenvalue weighted by molar-refractivity contribution is 0.0628. The van der Waals surface area contributed by atoms with Gasteiger partial charge in [-0.05, 0) is 24.3 Å². The summed E-state index contributed by atoms with van der Waals surface area (Å²) >= 11 is 1.40. The van der Waals surface area contributed by atoms with Crippen LogP contribution in [0.15, 0.2) is 33.2 Å². The highest BCUT2D eigenvalue weighted by Crippen LogP contribution is 2.24. The van der Waals surface area contributed by atoms with Crippen molar-refractivity contribution in [1.29, 1.82) is 0 Å². The van der Waals surface area contributed by atoms with Gasteiger partial charge in [0.1, 0.15) is 5.69 Å². The number of piperidine rings is 1. The molecule has 1 aliphatic rings. The fourth-order valence-electron chi connectivity index (χ4n) is 3.10. The Labute approximate surface area is 148 Å². The summed E-state index contributed by atoms with van der Waals surface area (Å²) in [5.74, 6) is -0.591. The van der Waals surface area contributed by atoms with Crippen LogP contribution in [0.4, 0.5) is 0 Å². The Balaban J connectivity index is 1.85. The Hall–Kier alpha value is -2.48. The first-order valence-electron chi connectivity index (χ1n) is 8.04. The van der Waals surface area contributed by atoms with Gasteiger partial charge < -0.3 is 4.90 Å². The molecule has 0 bridgehead atoms. The standard InChI is InChI=1S/C17H19N3O4S/c1-18-12(9-14(21)19(2)17(18)24)16(23)20-7-3-5-11(10-20)15(22)13-6-4-8-25-13/h4,6,8-9,11H,3,5,7,10H2,1-2H3/t11-/m0/s1. The minimum Gasteiger partial charge on any atom is -0.337 e. The summed E-state index contributed by atoms with van der Waals surface area (Å²) in [7, 11) is 2.84. The van der Waals surface area contributed by atoms with E-state index in [0.29, 0.717) is 24.4 Å². The van der Waals surface area contributed by atoms with Crippen LogP contribution in [0, 0.1) is 5.92 Å². The number of Topliss-reactive ketones (excluding diaryl/α,β-unsaturated/α-hetero) is 1. The molecule has 0 unspecified atom stereocenters. The Morgan fingerprint density at radius 2 is 1.96 bits per heavy atom. The molecular weight excluding hydrogens is 342 g/mol. The number of likely N-dealkylation sites (tertiary alicyclic amines) is 1. The van der Waals surface area contributed by atoms with Crippen molar-refractivity contribution in [1.82, 2.24) is 14.0 Å². The SMILES string of the molecule is Cn1c(C(=O)N2CCC[C@H](C(=O)c3cccs3)C2)cc(=O)n(C)c1=O. The van der Waals surface area contributed by atoms with Crippen molar-refractivity contribution in [3.63, 3.8) is 0 Å². The van der Waals surface area contributed by atoms with E-state index in [2.05, 4.69) is 0 Å². The minimum atomic E-state index is -0.543. The van der Waals surface area contributed by atoms with Gasteiger partial charge in [-0.15, -0.1) is 11.3 Å². The van der Waals surface area contributed by atoms with E-state index in [1.165, 1.54) is 36.1 Å². The highest BCUT2D eigenvalue weighted by atomic mass is 32.1. The van der Waals surface area contributed by atoms with Gasteiger partial charge in [-0.3, -0.25) is 23.5 Å². The molecule has 3 heterocycles. The molecule has 1 fully saturated rings. The van der Waals surface area contributed by atoms with Crippen LogP contribution < -0.4 is 11.2 Å². The summed E-state index contributed by atoms with van der Waals surface area (Å²) in [6.45, 7) is 0.815. The van der Waals surface area contributed by atoms with Crippen molar-refractivity contribution in [3.05, 3.63) is 55.0 Å². The zero-order chi connectivity index (χ0) is 18.1. The molecular formula is C17H19N3O4S. The van der Waals surface area contributed by atoms with Gasteiger partial charge in [-0.25, -0.2) is 4.79 Å². The zero-order valence-electron chi connectivity index (χ0n) is 14.1. The molecule has 0 aliphatic carbocycles. The first kappa shape index (κ1) is 17.3. The molecule has 7 nitrogen and oxygen atoms in total. The molecule has 0 saturated carbocycles. The van der Waals surface area contributed by atoms with E-state index < -0.39 is 11.2 Å². The van der Waals surface area contributed by atoms with Crippen LogP contribution in [-0.4, -0.2) is 38.8 Å². The van der Waals surface area contributed by atoms with Crippen molar-refractivity contribution in [2.24, 2.45) is 20.0 Å². The molecule has 25 heavy (non-hydrogen) atoms. The van der Waals surface area contributed by atoms with Gasteiger partial charge in [0.25, 0.3) is 11.5 Å². The number of amides is 1. The smallest absolute Gasteiger partial charge is 0.331 e. The number of carbonyl (C=O) groups excluding carboxylic acids is 2. The fraction of sp³-hybridized carbons (Fsp3) is 0.412. The number of nitrogens with zero attached hydrogens (tertiary/aromatic N) is 3. The zero-order valence-corrected chi connectivity index (χ0v) is 14.9. The molecule has 2 aromatic rings. The second kappa shape index (κ2) is 6.79. The third-order valence-corrected chi connectivity index (χ3v) is 5.47. The van der Waals surface area contributed by atoms with Crippen LogP contribution in [0.1, 0.15) is 33.0 Å². The summed E-state index contributed by atoms with van der Waals surface area (Å²) in [5, 5.41) is 1.86.